The molecular weight excluding hydrogens is 310 g/mol. The molecule has 6 heteroatoms. The van der Waals surface area contributed by atoms with Crippen molar-refractivity contribution in [1.29, 1.82) is 0 Å². The van der Waals surface area contributed by atoms with Crippen LogP contribution in [0.15, 0.2) is 16.7 Å². The lowest BCUT2D eigenvalue weighted by Crippen LogP contribution is -2.32. The number of ether oxygens (including phenoxy) is 1. The van der Waals surface area contributed by atoms with E-state index < -0.39 is 0 Å². The van der Waals surface area contributed by atoms with Crippen LogP contribution in [0, 0.1) is 5.92 Å². The molecule has 1 aromatic rings. The summed E-state index contributed by atoms with van der Waals surface area (Å²) in [7, 11) is 1.75. The van der Waals surface area contributed by atoms with Gasteiger partial charge in [0.1, 0.15) is 5.82 Å². The van der Waals surface area contributed by atoms with Gasteiger partial charge in [0.05, 0.1) is 11.7 Å². The first-order valence-corrected chi connectivity index (χ1v) is 7.14. The van der Waals surface area contributed by atoms with E-state index in [1.165, 1.54) is 0 Å². The minimum absolute atomic E-state index is 0.114. The molecule has 0 aliphatic carbocycles. The van der Waals surface area contributed by atoms with Crippen molar-refractivity contribution in [3.63, 3.8) is 0 Å². The van der Waals surface area contributed by atoms with Gasteiger partial charge in [-0.05, 0) is 35.3 Å². The van der Waals surface area contributed by atoms with Crippen molar-refractivity contribution in [2.75, 3.05) is 25.5 Å². The number of carbonyl (C=O) groups is 1. The van der Waals surface area contributed by atoms with Crippen LogP contribution in [0.3, 0.4) is 0 Å². The second-order valence-corrected chi connectivity index (χ2v) is 5.55. The van der Waals surface area contributed by atoms with Gasteiger partial charge >= 0.3 is 0 Å². The zero-order valence-electron chi connectivity index (χ0n) is 11.1. The highest BCUT2D eigenvalue weighted by atomic mass is 79.9. The maximum Gasteiger partial charge on any atom is 0.255 e. The van der Waals surface area contributed by atoms with Gasteiger partial charge in [-0.25, -0.2) is 4.98 Å². The summed E-state index contributed by atoms with van der Waals surface area (Å²) in [6.45, 7) is 3.46. The third-order valence-electron chi connectivity index (χ3n) is 3.39. The summed E-state index contributed by atoms with van der Waals surface area (Å²) in [4.78, 5) is 16.4. The first-order chi connectivity index (χ1) is 9.11. The highest BCUT2D eigenvalue weighted by molar-refractivity contribution is 9.10. The van der Waals surface area contributed by atoms with Gasteiger partial charge < -0.3 is 15.4 Å². The number of carbonyl (C=O) groups excluding carboxylic acids is 1. The Morgan fingerprint density at radius 2 is 2.42 bits per heavy atom. The van der Waals surface area contributed by atoms with Gasteiger partial charge in [0.25, 0.3) is 5.91 Å². The van der Waals surface area contributed by atoms with E-state index in [1.807, 2.05) is 6.92 Å². The predicted octanol–water partition coefficient (Wildman–Crippen LogP) is 2.04. The molecule has 104 valence electrons. The Hall–Kier alpha value is -1.14. The molecule has 2 atom stereocenters. The first-order valence-electron chi connectivity index (χ1n) is 6.35. The summed E-state index contributed by atoms with van der Waals surface area (Å²) in [6.07, 6.45) is 2.87. The van der Waals surface area contributed by atoms with Crippen molar-refractivity contribution in [3.8, 4) is 0 Å². The van der Waals surface area contributed by atoms with E-state index in [0.717, 1.165) is 17.5 Å². The van der Waals surface area contributed by atoms with Crippen LogP contribution in [-0.2, 0) is 4.74 Å². The Balaban J connectivity index is 2.01. The average Bonchev–Trinajstić information content (AvgIpc) is 2.81. The second-order valence-electron chi connectivity index (χ2n) is 4.63. The molecule has 5 nitrogen and oxygen atoms in total. The van der Waals surface area contributed by atoms with Crippen LogP contribution in [0.2, 0.25) is 0 Å². The monoisotopic (exact) mass is 327 g/mol. The minimum Gasteiger partial charge on any atom is -0.378 e. The van der Waals surface area contributed by atoms with Gasteiger partial charge in [-0.2, -0.15) is 0 Å². The molecule has 0 saturated carbocycles. The molecule has 1 saturated heterocycles. The van der Waals surface area contributed by atoms with Crippen molar-refractivity contribution >= 4 is 27.7 Å². The fraction of sp³-hybridized carbons (Fsp3) is 0.538. The largest absolute Gasteiger partial charge is 0.378 e. The van der Waals surface area contributed by atoms with Crippen LogP contribution in [0.4, 0.5) is 5.82 Å². The number of nitrogens with zero attached hydrogens (tertiary/aromatic N) is 1. The maximum atomic E-state index is 12.2. The van der Waals surface area contributed by atoms with Crippen molar-refractivity contribution in [1.82, 2.24) is 10.3 Å². The quantitative estimate of drug-likeness (QED) is 0.888. The third-order valence-corrected chi connectivity index (χ3v) is 3.83. The lowest BCUT2D eigenvalue weighted by atomic mass is 10.0. The summed E-state index contributed by atoms with van der Waals surface area (Å²) < 4.78 is 6.27. The van der Waals surface area contributed by atoms with E-state index in [2.05, 4.69) is 31.5 Å². The van der Waals surface area contributed by atoms with E-state index in [4.69, 9.17) is 4.74 Å². The summed E-state index contributed by atoms with van der Waals surface area (Å²) in [6, 6.07) is 1.77. The zero-order chi connectivity index (χ0) is 13.8. The number of hydrogen-bond acceptors (Lipinski definition) is 4. The number of aromatic nitrogens is 1. The number of hydrogen-bond donors (Lipinski definition) is 2. The molecule has 0 aromatic carbocycles. The van der Waals surface area contributed by atoms with Crippen molar-refractivity contribution in [2.45, 2.75) is 19.4 Å². The molecule has 0 bridgehead atoms. The normalized spacial score (nSPS) is 22.3. The number of amides is 1. The Bertz CT molecular complexity index is 467. The van der Waals surface area contributed by atoms with Gasteiger partial charge in [-0.3, -0.25) is 4.79 Å². The van der Waals surface area contributed by atoms with Crippen LogP contribution in [0.1, 0.15) is 23.7 Å². The van der Waals surface area contributed by atoms with Crippen LogP contribution in [-0.4, -0.2) is 37.2 Å². The topological polar surface area (TPSA) is 63.2 Å². The van der Waals surface area contributed by atoms with Gasteiger partial charge in [-0.15, -0.1) is 0 Å². The summed E-state index contributed by atoms with van der Waals surface area (Å²) in [5.74, 6) is 0.857. The number of nitrogens with one attached hydrogen (secondary N) is 2. The molecule has 2 heterocycles. The minimum atomic E-state index is -0.114. The molecule has 2 rings (SSSR count). The second kappa shape index (κ2) is 6.34. The molecule has 1 aliphatic heterocycles. The smallest absolute Gasteiger partial charge is 0.255 e. The van der Waals surface area contributed by atoms with Crippen LogP contribution >= 0.6 is 15.9 Å². The lowest BCUT2D eigenvalue weighted by Gasteiger charge is -2.15. The molecule has 1 aliphatic rings. The van der Waals surface area contributed by atoms with E-state index in [9.17, 15) is 4.79 Å². The van der Waals surface area contributed by atoms with E-state index in [1.54, 1.807) is 19.3 Å². The lowest BCUT2D eigenvalue weighted by molar-refractivity contribution is 0.0908. The molecular formula is C13H18BrN3O2. The van der Waals surface area contributed by atoms with Gasteiger partial charge in [0, 0.05) is 36.8 Å². The zero-order valence-corrected chi connectivity index (χ0v) is 12.7. The Kier molecular flexibility index (Phi) is 4.76. The number of anilines is 1. The Morgan fingerprint density at radius 1 is 1.63 bits per heavy atom. The predicted molar refractivity (Wildman–Crippen MR) is 77.3 cm³/mol. The molecule has 2 unspecified atom stereocenters. The molecule has 1 amide bonds. The maximum absolute atomic E-state index is 12.2. The van der Waals surface area contributed by atoms with E-state index in [0.29, 0.717) is 23.8 Å². The molecule has 1 fully saturated rings. The molecule has 2 N–H and O–H groups in total. The molecule has 19 heavy (non-hydrogen) atoms. The van der Waals surface area contributed by atoms with Crippen molar-refractivity contribution in [2.24, 2.45) is 5.92 Å². The van der Waals surface area contributed by atoms with Crippen LogP contribution < -0.4 is 10.6 Å². The summed E-state index contributed by atoms with van der Waals surface area (Å²) in [5.41, 5.74) is 0.545. The number of rotatable bonds is 4. The fourth-order valence-corrected chi connectivity index (χ4v) is 2.51. The highest BCUT2D eigenvalue weighted by Gasteiger charge is 2.25. The summed E-state index contributed by atoms with van der Waals surface area (Å²) >= 11 is 3.33. The van der Waals surface area contributed by atoms with Crippen molar-refractivity contribution < 1.29 is 9.53 Å². The average molecular weight is 328 g/mol. The van der Waals surface area contributed by atoms with Gasteiger partial charge in [-0.1, -0.05) is 0 Å². The molecule has 0 radical (unpaired) electrons. The van der Waals surface area contributed by atoms with Crippen LogP contribution in [0.25, 0.3) is 0 Å². The molecule has 1 aromatic heterocycles. The number of halogens is 1. The SMILES string of the molecule is CNc1ncc(Br)cc1C(=O)NCC1CCOC1C. The first kappa shape index (κ1) is 14.3. The van der Waals surface area contributed by atoms with Crippen LogP contribution in [0.5, 0.6) is 0 Å². The summed E-state index contributed by atoms with van der Waals surface area (Å²) in [5, 5.41) is 5.88. The van der Waals surface area contributed by atoms with Gasteiger partial charge in [0.15, 0.2) is 0 Å². The third kappa shape index (κ3) is 3.45. The van der Waals surface area contributed by atoms with E-state index >= 15 is 0 Å². The van der Waals surface area contributed by atoms with E-state index in [-0.39, 0.29) is 12.0 Å². The van der Waals surface area contributed by atoms with Gasteiger partial charge in [0.2, 0.25) is 0 Å². The standard InChI is InChI=1S/C13H18BrN3O2/c1-8-9(3-4-19-8)6-17-13(18)11-5-10(14)7-16-12(11)15-2/h5,7-9H,3-4,6H2,1-2H3,(H,15,16)(H,17,18). The fourth-order valence-electron chi connectivity index (χ4n) is 2.17. The Labute approximate surface area is 121 Å². The number of pyridine rings is 1. The Morgan fingerprint density at radius 3 is 3.05 bits per heavy atom. The highest BCUT2D eigenvalue weighted by Crippen LogP contribution is 2.20. The van der Waals surface area contributed by atoms with Crippen molar-refractivity contribution in [3.05, 3.63) is 22.3 Å². The molecule has 0 spiro atoms.